The van der Waals surface area contributed by atoms with Crippen molar-refractivity contribution in [2.45, 2.75) is 19.9 Å². The molecule has 1 aliphatic heterocycles. The van der Waals surface area contributed by atoms with E-state index >= 15 is 0 Å². The molecule has 0 radical (unpaired) electrons. The first kappa shape index (κ1) is 19.3. The summed E-state index contributed by atoms with van der Waals surface area (Å²) in [6, 6.07) is 13.9. The van der Waals surface area contributed by atoms with Gasteiger partial charge in [-0.2, -0.15) is 0 Å². The number of nitrogens with zero attached hydrogens (tertiary/aromatic N) is 1. The third-order valence-corrected chi connectivity index (χ3v) is 5.65. The van der Waals surface area contributed by atoms with E-state index in [1.54, 1.807) is 13.1 Å². The molecule has 1 aliphatic rings. The van der Waals surface area contributed by atoms with Gasteiger partial charge in [0.25, 0.3) is 5.56 Å². The predicted octanol–water partition coefficient (Wildman–Crippen LogP) is 3.11. The lowest BCUT2D eigenvalue weighted by atomic mass is 10.1. The first-order valence-corrected chi connectivity index (χ1v) is 9.92. The average molecular weight is 410 g/mol. The molecular formula is C22H23N3O3S. The van der Waals surface area contributed by atoms with Crippen molar-refractivity contribution in [1.29, 1.82) is 0 Å². The van der Waals surface area contributed by atoms with Gasteiger partial charge in [0, 0.05) is 30.6 Å². The molecule has 0 atom stereocenters. The largest absolute Gasteiger partial charge is 0.454 e. The summed E-state index contributed by atoms with van der Waals surface area (Å²) in [6.07, 6.45) is 0.846. The van der Waals surface area contributed by atoms with Gasteiger partial charge in [0.15, 0.2) is 16.6 Å². The number of pyridine rings is 1. The number of hydrogen-bond donors (Lipinski definition) is 2. The zero-order chi connectivity index (χ0) is 20.4. The maximum Gasteiger partial charge on any atom is 0.253 e. The van der Waals surface area contributed by atoms with Crippen molar-refractivity contribution in [2.75, 3.05) is 20.4 Å². The van der Waals surface area contributed by atoms with Crippen LogP contribution >= 0.6 is 12.2 Å². The number of rotatable bonds is 5. The second-order valence-electron chi connectivity index (χ2n) is 7.07. The molecule has 0 unspecified atom stereocenters. The van der Waals surface area contributed by atoms with Gasteiger partial charge in [0.05, 0.1) is 12.1 Å². The normalized spacial score (nSPS) is 12.2. The Morgan fingerprint density at radius 1 is 1.17 bits per heavy atom. The molecule has 1 aromatic heterocycles. The van der Waals surface area contributed by atoms with Crippen molar-refractivity contribution in [2.24, 2.45) is 0 Å². The number of fused-ring (bicyclic) bond motifs is 2. The quantitative estimate of drug-likeness (QED) is 0.632. The van der Waals surface area contributed by atoms with E-state index in [1.165, 1.54) is 11.1 Å². The molecule has 4 rings (SSSR count). The van der Waals surface area contributed by atoms with Gasteiger partial charge in [-0.15, -0.1) is 0 Å². The van der Waals surface area contributed by atoms with Gasteiger partial charge in [-0.05, 0) is 48.8 Å². The highest BCUT2D eigenvalue weighted by Crippen LogP contribution is 2.35. The van der Waals surface area contributed by atoms with E-state index in [1.807, 2.05) is 29.2 Å². The summed E-state index contributed by atoms with van der Waals surface area (Å²) >= 11 is 5.49. The highest BCUT2D eigenvalue weighted by Gasteiger charge is 2.17. The number of aryl methyl sites for hydroxylation is 1. The van der Waals surface area contributed by atoms with Crippen molar-refractivity contribution in [3.8, 4) is 11.5 Å². The summed E-state index contributed by atoms with van der Waals surface area (Å²) in [5.41, 5.74) is 3.78. The molecule has 0 saturated heterocycles. The van der Waals surface area contributed by atoms with Crippen molar-refractivity contribution < 1.29 is 9.47 Å². The fourth-order valence-electron chi connectivity index (χ4n) is 3.52. The van der Waals surface area contributed by atoms with Crippen LogP contribution in [0.25, 0.3) is 10.9 Å². The van der Waals surface area contributed by atoms with Crippen LogP contribution in [0.2, 0.25) is 0 Å². The summed E-state index contributed by atoms with van der Waals surface area (Å²) in [4.78, 5) is 17.7. The fraction of sp³-hybridized carbons (Fsp3) is 0.273. The summed E-state index contributed by atoms with van der Waals surface area (Å²) in [6.45, 7) is 3.44. The number of thiocarbonyl (C=S) groups is 1. The van der Waals surface area contributed by atoms with Crippen LogP contribution < -0.4 is 20.3 Å². The van der Waals surface area contributed by atoms with Crippen LogP contribution in [0.5, 0.6) is 11.5 Å². The molecule has 7 heteroatoms. The molecule has 0 saturated carbocycles. The van der Waals surface area contributed by atoms with Crippen molar-refractivity contribution in [1.82, 2.24) is 15.2 Å². The Hall–Kier alpha value is -3.06. The minimum Gasteiger partial charge on any atom is -0.454 e. The van der Waals surface area contributed by atoms with Crippen molar-refractivity contribution in [3.05, 3.63) is 69.5 Å². The standard InChI is InChI=1S/C22H23N3O3S/c1-14-5-3-4-6-15(14)7-8-25(22(29)23-2)12-17-9-16-10-19-20(28-13-27-19)11-18(16)24-21(17)26/h3-6,9-11H,7-8,12-13H2,1-2H3,(H,23,29)(H,24,26). The molecule has 2 heterocycles. The number of ether oxygens (including phenoxy) is 2. The molecule has 0 bridgehead atoms. The summed E-state index contributed by atoms with van der Waals surface area (Å²) in [5.74, 6) is 1.34. The van der Waals surface area contributed by atoms with Crippen LogP contribution in [0.4, 0.5) is 0 Å². The van der Waals surface area contributed by atoms with Crippen LogP contribution in [0.15, 0.2) is 47.3 Å². The third kappa shape index (κ3) is 4.05. The monoisotopic (exact) mass is 409 g/mol. The van der Waals surface area contributed by atoms with Crippen LogP contribution in [-0.2, 0) is 13.0 Å². The van der Waals surface area contributed by atoms with Crippen LogP contribution in [0.3, 0.4) is 0 Å². The minimum atomic E-state index is -0.129. The maximum atomic E-state index is 12.7. The van der Waals surface area contributed by atoms with E-state index in [-0.39, 0.29) is 12.4 Å². The Bertz CT molecular complexity index is 1130. The summed E-state index contributed by atoms with van der Waals surface area (Å²) < 4.78 is 10.8. The van der Waals surface area contributed by atoms with Gasteiger partial charge >= 0.3 is 0 Å². The lowest BCUT2D eigenvalue weighted by Gasteiger charge is -2.25. The van der Waals surface area contributed by atoms with Crippen LogP contribution in [0, 0.1) is 6.92 Å². The van der Waals surface area contributed by atoms with E-state index in [9.17, 15) is 4.79 Å². The van der Waals surface area contributed by atoms with Crippen LogP contribution in [-0.4, -0.2) is 35.4 Å². The SMILES string of the molecule is CNC(=S)N(CCc1ccccc1C)Cc1cc2cc3c(cc2[nH]c1=O)OCO3. The number of aromatic nitrogens is 1. The Morgan fingerprint density at radius 2 is 1.93 bits per heavy atom. The minimum absolute atomic E-state index is 0.129. The molecule has 29 heavy (non-hydrogen) atoms. The molecule has 3 aromatic rings. The molecule has 2 aromatic carbocycles. The van der Waals surface area contributed by atoms with Gasteiger partial charge in [-0.3, -0.25) is 4.79 Å². The zero-order valence-corrected chi connectivity index (χ0v) is 17.3. The van der Waals surface area contributed by atoms with Gasteiger partial charge < -0.3 is 24.7 Å². The van der Waals surface area contributed by atoms with E-state index < -0.39 is 0 Å². The van der Waals surface area contributed by atoms with Gasteiger partial charge in [0.1, 0.15) is 0 Å². The summed E-state index contributed by atoms with van der Waals surface area (Å²) in [5, 5.41) is 4.55. The number of benzene rings is 2. The van der Waals surface area contributed by atoms with E-state index in [2.05, 4.69) is 29.4 Å². The van der Waals surface area contributed by atoms with E-state index in [4.69, 9.17) is 21.7 Å². The van der Waals surface area contributed by atoms with Gasteiger partial charge in [-0.25, -0.2) is 0 Å². The molecule has 0 amide bonds. The Kier molecular flexibility index (Phi) is 5.40. The van der Waals surface area contributed by atoms with Crippen molar-refractivity contribution >= 4 is 28.2 Å². The number of H-pyrrole nitrogens is 1. The Morgan fingerprint density at radius 3 is 2.69 bits per heavy atom. The van der Waals surface area contributed by atoms with Crippen LogP contribution in [0.1, 0.15) is 16.7 Å². The zero-order valence-electron chi connectivity index (χ0n) is 16.5. The highest BCUT2D eigenvalue weighted by molar-refractivity contribution is 7.80. The molecular weight excluding hydrogens is 386 g/mol. The Balaban J connectivity index is 1.59. The second-order valence-corrected chi connectivity index (χ2v) is 7.46. The van der Waals surface area contributed by atoms with Gasteiger partial charge in [-0.1, -0.05) is 24.3 Å². The summed E-state index contributed by atoms with van der Waals surface area (Å²) in [7, 11) is 1.80. The third-order valence-electron chi connectivity index (χ3n) is 5.19. The molecule has 6 nitrogen and oxygen atoms in total. The molecule has 2 N–H and O–H groups in total. The van der Waals surface area contributed by atoms with Crippen molar-refractivity contribution in [3.63, 3.8) is 0 Å². The Labute approximate surface area is 174 Å². The molecule has 150 valence electrons. The second kappa shape index (κ2) is 8.13. The number of hydrogen-bond acceptors (Lipinski definition) is 4. The highest BCUT2D eigenvalue weighted by atomic mass is 32.1. The first-order valence-electron chi connectivity index (χ1n) is 9.52. The molecule has 0 aliphatic carbocycles. The fourth-order valence-corrected chi connectivity index (χ4v) is 3.68. The lowest BCUT2D eigenvalue weighted by molar-refractivity contribution is 0.174. The first-order chi connectivity index (χ1) is 14.0. The smallest absolute Gasteiger partial charge is 0.253 e. The predicted molar refractivity (Wildman–Crippen MR) is 118 cm³/mol. The van der Waals surface area contributed by atoms with Gasteiger partial charge in [0.2, 0.25) is 6.79 Å². The topological polar surface area (TPSA) is 66.6 Å². The number of nitrogens with one attached hydrogen (secondary N) is 2. The molecule has 0 fully saturated rings. The van der Waals surface area contributed by atoms with E-state index in [0.717, 1.165) is 17.3 Å². The molecule has 0 spiro atoms. The van der Waals surface area contributed by atoms with E-state index in [0.29, 0.717) is 35.3 Å². The maximum absolute atomic E-state index is 12.7. The lowest BCUT2D eigenvalue weighted by Crippen LogP contribution is -2.39. The average Bonchev–Trinajstić information content (AvgIpc) is 3.17. The number of aromatic amines is 1.